The molecule has 4 aromatic rings. The number of pyridine rings is 1. The maximum absolute atomic E-state index is 12.9. The average molecular weight is 410 g/mol. The van der Waals surface area contributed by atoms with Crippen molar-refractivity contribution in [2.75, 3.05) is 5.32 Å². The maximum Gasteiger partial charge on any atom is 0.416 e. The number of halogens is 3. The Bertz CT molecular complexity index is 1210. The van der Waals surface area contributed by atoms with E-state index < -0.39 is 11.7 Å². The largest absolute Gasteiger partial charge is 0.416 e. The van der Waals surface area contributed by atoms with Crippen LogP contribution in [-0.4, -0.2) is 20.9 Å². The summed E-state index contributed by atoms with van der Waals surface area (Å²) in [5, 5.41) is 2.84. The number of carbonyl (C=O) groups excluding carboxylic acids is 1. The van der Waals surface area contributed by atoms with Crippen LogP contribution in [0.3, 0.4) is 0 Å². The number of hydrogen-bond acceptors (Lipinski definition) is 3. The summed E-state index contributed by atoms with van der Waals surface area (Å²) in [7, 11) is 0. The molecule has 2 heterocycles. The number of anilines is 1. The Kier molecular flexibility index (Phi) is 4.99. The van der Waals surface area contributed by atoms with Crippen LogP contribution in [0.25, 0.3) is 11.0 Å². The third kappa shape index (κ3) is 4.17. The minimum Gasteiger partial charge on any atom is -0.342 e. The topological polar surface area (TPSA) is 70.7 Å². The van der Waals surface area contributed by atoms with Gasteiger partial charge in [0.05, 0.1) is 16.6 Å². The minimum absolute atomic E-state index is 0.222. The summed E-state index contributed by atoms with van der Waals surface area (Å²) in [4.78, 5) is 23.6. The minimum atomic E-state index is -4.39. The van der Waals surface area contributed by atoms with E-state index >= 15 is 0 Å². The van der Waals surface area contributed by atoms with Gasteiger partial charge in [-0.25, -0.2) is 4.98 Å². The van der Waals surface area contributed by atoms with E-state index in [2.05, 4.69) is 20.3 Å². The van der Waals surface area contributed by atoms with Gasteiger partial charge in [-0.05, 0) is 54.4 Å². The van der Waals surface area contributed by atoms with Crippen LogP contribution in [0.2, 0.25) is 0 Å². The van der Waals surface area contributed by atoms with E-state index in [0.29, 0.717) is 34.5 Å². The standard InChI is InChI=1S/C22H17F3N4O/c1-13-12-26-9-8-17(13)21(30)27-16-5-2-14(3-6-16)10-20-28-18-7-4-15(22(23,24)25)11-19(18)29-20/h2-9,11-12H,10H2,1H3,(H,27,30)(H,28,29). The van der Waals surface area contributed by atoms with Crippen molar-refractivity contribution < 1.29 is 18.0 Å². The third-order valence-electron chi connectivity index (χ3n) is 4.71. The molecule has 0 aliphatic rings. The molecule has 2 aromatic heterocycles. The molecule has 0 aliphatic heterocycles. The summed E-state index contributed by atoms with van der Waals surface area (Å²) in [5.74, 6) is 0.342. The monoisotopic (exact) mass is 410 g/mol. The van der Waals surface area contributed by atoms with Crippen molar-refractivity contribution in [2.45, 2.75) is 19.5 Å². The van der Waals surface area contributed by atoms with E-state index in [0.717, 1.165) is 23.3 Å². The van der Waals surface area contributed by atoms with Crippen molar-refractivity contribution in [2.24, 2.45) is 0 Å². The Hall–Kier alpha value is -3.68. The number of aryl methyl sites for hydroxylation is 1. The summed E-state index contributed by atoms with van der Waals surface area (Å²) < 4.78 is 38.6. The Morgan fingerprint density at radius 2 is 1.87 bits per heavy atom. The molecule has 8 heteroatoms. The van der Waals surface area contributed by atoms with Crippen LogP contribution >= 0.6 is 0 Å². The molecule has 4 rings (SSSR count). The Morgan fingerprint density at radius 3 is 2.57 bits per heavy atom. The lowest BCUT2D eigenvalue weighted by molar-refractivity contribution is -0.137. The fourth-order valence-electron chi connectivity index (χ4n) is 3.15. The predicted molar refractivity (Wildman–Crippen MR) is 107 cm³/mol. The van der Waals surface area contributed by atoms with E-state index in [-0.39, 0.29) is 5.91 Å². The first-order chi connectivity index (χ1) is 14.3. The highest BCUT2D eigenvalue weighted by molar-refractivity contribution is 6.05. The van der Waals surface area contributed by atoms with Crippen LogP contribution in [0, 0.1) is 6.92 Å². The fourth-order valence-corrected chi connectivity index (χ4v) is 3.15. The van der Waals surface area contributed by atoms with Gasteiger partial charge in [0.25, 0.3) is 5.91 Å². The number of fused-ring (bicyclic) bond motifs is 1. The molecule has 5 nitrogen and oxygen atoms in total. The number of imidazole rings is 1. The quantitative estimate of drug-likeness (QED) is 0.490. The molecule has 2 aromatic carbocycles. The van der Waals surface area contributed by atoms with Crippen LogP contribution in [0.1, 0.15) is 32.9 Å². The van der Waals surface area contributed by atoms with Gasteiger partial charge < -0.3 is 10.3 Å². The number of carbonyl (C=O) groups is 1. The van der Waals surface area contributed by atoms with E-state index in [9.17, 15) is 18.0 Å². The molecule has 0 unspecified atom stereocenters. The normalized spacial score (nSPS) is 11.6. The molecule has 30 heavy (non-hydrogen) atoms. The molecule has 0 fully saturated rings. The smallest absolute Gasteiger partial charge is 0.342 e. The fraction of sp³-hybridized carbons (Fsp3) is 0.136. The van der Waals surface area contributed by atoms with Gasteiger partial charge in [0.1, 0.15) is 5.82 Å². The predicted octanol–water partition coefficient (Wildman–Crippen LogP) is 5.13. The highest BCUT2D eigenvalue weighted by Crippen LogP contribution is 2.31. The van der Waals surface area contributed by atoms with Gasteiger partial charge in [0.15, 0.2) is 0 Å². The molecule has 0 radical (unpaired) electrons. The Morgan fingerprint density at radius 1 is 1.10 bits per heavy atom. The zero-order valence-corrected chi connectivity index (χ0v) is 15.9. The Balaban J connectivity index is 1.47. The molecule has 0 bridgehead atoms. The van der Waals surface area contributed by atoms with E-state index in [4.69, 9.17) is 0 Å². The summed E-state index contributed by atoms with van der Waals surface area (Å²) >= 11 is 0. The van der Waals surface area contributed by atoms with Gasteiger partial charge in [0, 0.05) is 30.1 Å². The molecular formula is C22H17F3N4O. The zero-order valence-electron chi connectivity index (χ0n) is 15.9. The number of aromatic nitrogens is 3. The molecule has 0 saturated heterocycles. The third-order valence-corrected chi connectivity index (χ3v) is 4.71. The van der Waals surface area contributed by atoms with E-state index in [1.807, 2.05) is 19.1 Å². The number of H-pyrrole nitrogens is 1. The van der Waals surface area contributed by atoms with Crippen molar-refractivity contribution >= 4 is 22.6 Å². The van der Waals surface area contributed by atoms with Crippen LogP contribution in [0.5, 0.6) is 0 Å². The van der Waals surface area contributed by atoms with Gasteiger partial charge >= 0.3 is 6.18 Å². The number of nitrogens with one attached hydrogen (secondary N) is 2. The van der Waals surface area contributed by atoms with Crippen molar-refractivity contribution in [3.05, 3.63) is 89.0 Å². The summed E-state index contributed by atoms with van der Waals surface area (Å²) in [5.41, 5.74) is 2.99. The van der Waals surface area contributed by atoms with Crippen molar-refractivity contribution in [1.29, 1.82) is 0 Å². The summed E-state index contributed by atoms with van der Waals surface area (Å²) in [6.07, 6.45) is -0.777. The molecule has 0 aliphatic carbocycles. The number of rotatable bonds is 4. The highest BCUT2D eigenvalue weighted by atomic mass is 19.4. The number of amides is 1. The van der Waals surface area contributed by atoms with Gasteiger partial charge in [-0.1, -0.05) is 12.1 Å². The lowest BCUT2D eigenvalue weighted by atomic mass is 10.1. The highest BCUT2D eigenvalue weighted by Gasteiger charge is 2.30. The lowest BCUT2D eigenvalue weighted by Crippen LogP contribution is -2.13. The second-order valence-corrected chi connectivity index (χ2v) is 6.93. The van der Waals surface area contributed by atoms with E-state index in [1.165, 1.54) is 6.07 Å². The van der Waals surface area contributed by atoms with Crippen LogP contribution in [-0.2, 0) is 12.6 Å². The SMILES string of the molecule is Cc1cnccc1C(=O)Nc1ccc(Cc2nc3ccc(C(F)(F)F)cc3[nH]2)cc1. The zero-order chi connectivity index (χ0) is 21.3. The molecule has 0 atom stereocenters. The summed E-state index contributed by atoms with van der Waals surface area (Å²) in [6, 6.07) is 12.3. The molecule has 0 spiro atoms. The van der Waals surface area contributed by atoms with Crippen LogP contribution < -0.4 is 5.32 Å². The second kappa shape index (κ2) is 7.62. The Labute approximate surface area is 170 Å². The van der Waals surface area contributed by atoms with Crippen molar-refractivity contribution in [1.82, 2.24) is 15.0 Å². The van der Waals surface area contributed by atoms with Crippen molar-refractivity contribution in [3.8, 4) is 0 Å². The number of hydrogen-bond donors (Lipinski definition) is 2. The average Bonchev–Trinajstić information content (AvgIpc) is 3.10. The van der Waals surface area contributed by atoms with Gasteiger partial charge in [-0.3, -0.25) is 9.78 Å². The number of benzene rings is 2. The molecule has 0 saturated carbocycles. The molecule has 2 N–H and O–H groups in total. The van der Waals surface area contributed by atoms with Crippen LogP contribution in [0.4, 0.5) is 18.9 Å². The van der Waals surface area contributed by atoms with Gasteiger partial charge in [-0.15, -0.1) is 0 Å². The second-order valence-electron chi connectivity index (χ2n) is 6.93. The van der Waals surface area contributed by atoms with Gasteiger partial charge in [0.2, 0.25) is 0 Å². The maximum atomic E-state index is 12.9. The first-order valence-electron chi connectivity index (χ1n) is 9.16. The number of nitrogens with zero attached hydrogens (tertiary/aromatic N) is 2. The van der Waals surface area contributed by atoms with E-state index in [1.54, 1.807) is 30.6 Å². The van der Waals surface area contributed by atoms with Crippen LogP contribution in [0.15, 0.2) is 60.9 Å². The molecular weight excluding hydrogens is 393 g/mol. The number of alkyl halides is 3. The van der Waals surface area contributed by atoms with Gasteiger partial charge in [-0.2, -0.15) is 13.2 Å². The number of aromatic amines is 1. The first kappa shape index (κ1) is 19.6. The molecule has 152 valence electrons. The summed E-state index contributed by atoms with van der Waals surface area (Å²) in [6.45, 7) is 1.82. The molecule has 1 amide bonds. The first-order valence-corrected chi connectivity index (χ1v) is 9.16. The lowest BCUT2D eigenvalue weighted by Gasteiger charge is -2.08. The van der Waals surface area contributed by atoms with Crippen molar-refractivity contribution in [3.63, 3.8) is 0 Å².